The van der Waals surface area contributed by atoms with Crippen LogP contribution in [0.1, 0.15) is 5.56 Å². The molecule has 0 N–H and O–H groups in total. The van der Waals surface area contributed by atoms with Crippen LogP contribution < -0.4 is 0 Å². The van der Waals surface area contributed by atoms with Crippen LogP contribution in [0.2, 0.25) is 0 Å². The average molecular weight is 251 g/mol. The van der Waals surface area contributed by atoms with E-state index in [9.17, 15) is 8.42 Å². The number of rotatable bonds is 4. The van der Waals surface area contributed by atoms with Crippen LogP contribution in [0.15, 0.2) is 40.7 Å². The maximum atomic E-state index is 11.7. The summed E-state index contributed by atoms with van der Waals surface area (Å²) in [6.45, 7) is 1.03. The zero-order chi connectivity index (χ0) is 12.1. The lowest BCUT2D eigenvalue weighted by Gasteiger charge is -1.99. The Balaban J connectivity index is 2.04. The van der Waals surface area contributed by atoms with Crippen molar-refractivity contribution in [3.05, 3.63) is 41.3 Å². The van der Waals surface area contributed by atoms with Crippen molar-refractivity contribution in [2.45, 2.75) is 0 Å². The summed E-state index contributed by atoms with van der Waals surface area (Å²) >= 11 is 0. The number of hydrogen-bond acceptors (Lipinski definition) is 4. The van der Waals surface area contributed by atoms with Gasteiger partial charge >= 0.3 is 0 Å². The fourth-order valence-corrected chi connectivity index (χ4v) is 2.41. The van der Waals surface area contributed by atoms with Crippen LogP contribution in [-0.2, 0) is 14.6 Å². The first-order valence-electron chi connectivity index (χ1n) is 5.28. The molecule has 1 aromatic rings. The summed E-state index contributed by atoms with van der Waals surface area (Å²) in [7, 11) is -3.30. The van der Waals surface area contributed by atoms with E-state index in [1.54, 1.807) is 6.08 Å². The van der Waals surface area contributed by atoms with Crippen LogP contribution in [0.4, 0.5) is 0 Å². The molecule has 0 spiro atoms. The van der Waals surface area contributed by atoms with Gasteiger partial charge in [0.1, 0.15) is 12.4 Å². The average Bonchev–Trinajstić information content (AvgIpc) is 2.80. The molecule has 0 radical (unpaired) electrons. The molecule has 2 rings (SSSR count). The fourth-order valence-electron chi connectivity index (χ4n) is 1.43. The van der Waals surface area contributed by atoms with E-state index in [0.29, 0.717) is 19.0 Å². The lowest BCUT2D eigenvalue weighted by atomic mass is 10.2. The van der Waals surface area contributed by atoms with Crippen LogP contribution in [0, 0.1) is 0 Å². The van der Waals surface area contributed by atoms with E-state index in [4.69, 9.17) is 4.74 Å². The van der Waals surface area contributed by atoms with E-state index in [1.807, 2.05) is 30.3 Å². The molecule has 1 aromatic carbocycles. The summed E-state index contributed by atoms with van der Waals surface area (Å²) in [5, 5.41) is 1.20. The van der Waals surface area contributed by atoms with Gasteiger partial charge in [-0.2, -0.15) is 0 Å². The van der Waals surface area contributed by atoms with Crippen LogP contribution in [0.25, 0.3) is 6.08 Å². The number of nitrogens with zero attached hydrogens (tertiary/aromatic N) is 1. The number of sulfone groups is 1. The van der Waals surface area contributed by atoms with E-state index in [0.717, 1.165) is 5.56 Å². The first kappa shape index (κ1) is 11.9. The molecule has 4 nitrogen and oxygen atoms in total. The van der Waals surface area contributed by atoms with Crippen molar-refractivity contribution in [3.63, 3.8) is 0 Å². The molecule has 17 heavy (non-hydrogen) atoms. The number of ether oxygens (including phenoxy) is 1. The molecule has 5 heteroatoms. The third kappa shape index (κ3) is 3.71. The molecule has 0 atom stereocenters. The SMILES string of the molecule is O=S(=O)(/C=C\c1ccccc1)CC1=NCCO1. The first-order chi connectivity index (χ1) is 8.16. The minimum atomic E-state index is -3.30. The zero-order valence-electron chi connectivity index (χ0n) is 9.24. The predicted octanol–water partition coefficient (Wildman–Crippen LogP) is 1.50. The van der Waals surface area contributed by atoms with Gasteiger partial charge in [0.25, 0.3) is 0 Å². The van der Waals surface area contributed by atoms with Crippen LogP contribution in [0.5, 0.6) is 0 Å². The van der Waals surface area contributed by atoms with Crippen molar-refractivity contribution < 1.29 is 13.2 Å². The lowest BCUT2D eigenvalue weighted by Crippen LogP contribution is -2.13. The van der Waals surface area contributed by atoms with Crippen LogP contribution in [0.3, 0.4) is 0 Å². The second kappa shape index (κ2) is 5.14. The zero-order valence-corrected chi connectivity index (χ0v) is 10.1. The van der Waals surface area contributed by atoms with E-state index in [-0.39, 0.29) is 5.75 Å². The van der Waals surface area contributed by atoms with E-state index < -0.39 is 9.84 Å². The summed E-state index contributed by atoms with van der Waals surface area (Å²) in [6, 6.07) is 9.28. The monoisotopic (exact) mass is 251 g/mol. The Kier molecular flexibility index (Phi) is 3.58. The molecule has 0 saturated heterocycles. The van der Waals surface area contributed by atoms with Gasteiger partial charge in [-0.3, -0.25) is 4.99 Å². The molecule has 0 amide bonds. The summed E-state index contributed by atoms with van der Waals surface area (Å²) < 4.78 is 28.5. The van der Waals surface area contributed by atoms with Gasteiger partial charge in [0.05, 0.1) is 6.54 Å². The highest BCUT2D eigenvalue weighted by Crippen LogP contribution is 2.06. The molecule has 1 aliphatic rings. The molecule has 1 heterocycles. The maximum absolute atomic E-state index is 11.7. The minimum Gasteiger partial charge on any atom is -0.478 e. The molecule has 1 aliphatic heterocycles. The summed E-state index contributed by atoms with van der Waals surface area (Å²) in [5.41, 5.74) is 0.852. The standard InChI is InChI=1S/C12H13NO3S/c14-17(15,10-12-13-7-8-16-12)9-6-11-4-2-1-3-5-11/h1-6,9H,7-8,10H2/b9-6-. The molecule has 0 saturated carbocycles. The molecule has 90 valence electrons. The Morgan fingerprint density at radius 2 is 2.06 bits per heavy atom. The van der Waals surface area contributed by atoms with Gasteiger partial charge in [-0.1, -0.05) is 30.3 Å². The second-order valence-electron chi connectivity index (χ2n) is 3.64. The quantitative estimate of drug-likeness (QED) is 0.815. The normalized spacial score (nSPS) is 15.9. The Morgan fingerprint density at radius 1 is 1.29 bits per heavy atom. The van der Waals surface area contributed by atoms with Crippen LogP contribution >= 0.6 is 0 Å². The topological polar surface area (TPSA) is 55.7 Å². The van der Waals surface area contributed by atoms with E-state index >= 15 is 0 Å². The van der Waals surface area contributed by atoms with Gasteiger partial charge in [0, 0.05) is 5.41 Å². The smallest absolute Gasteiger partial charge is 0.199 e. The summed E-state index contributed by atoms with van der Waals surface area (Å²) in [6.07, 6.45) is 1.57. The van der Waals surface area contributed by atoms with Crippen molar-refractivity contribution in [1.29, 1.82) is 0 Å². The third-order valence-corrected chi connectivity index (χ3v) is 3.44. The van der Waals surface area contributed by atoms with Gasteiger partial charge in [0.15, 0.2) is 15.7 Å². The maximum Gasteiger partial charge on any atom is 0.199 e. The van der Waals surface area contributed by atoms with E-state index in [1.165, 1.54) is 5.41 Å². The van der Waals surface area contributed by atoms with Crippen molar-refractivity contribution in [2.75, 3.05) is 18.9 Å². The predicted molar refractivity (Wildman–Crippen MR) is 67.5 cm³/mol. The molecular weight excluding hydrogens is 238 g/mol. The van der Waals surface area contributed by atoms with Gasteiger partial charge < -0.3 is 4.74 Å². The molecular formula is C12H13NO3S. The van der Waals surface area contributed by atoms with E-state index in [2.05, 4.69) is 4.99 Å². The minimum absolute atomic E-state index is 0.156. The highest BCUT2D eigenvalue weighted by atomic mass is 32.2. The van der Waals surface area contributed by atoms with Crippen molar-refractivity contribution in [2.24, 2.45) is 4.99 Å². The first-order valence-corrected chi connectivity index (χ1v) is 6.99. The Labute approximate surface area is 101 Å². The van der Waals surface area contributed by atoms with Gasteiger partial charge in [-0.15, -0.1) is 0 Å². The number of aliphatic imine (C=N–C) groups is 1. The number of hydrogen-bond donors (Lipinski definition) is 0. The third-order valence-electron chi connectivity index (χ3n) is 2.24. The van der Waals surface area contributed by atoms with Crippen molar-refractivity contribution in [3.8, 4) is 0 Å². The molecule has 0 aliphatic carbocycles. The van der Waals surface area contributed by atoms with Crippen molar-refractivity contribution in [1.82, 2.24) is 0 Å². The largest absolute Gasteiger partial charge is 0.478 e. The van der Waals surface area contributed by atoms with Crippen molar-refractivity contribution >= 4 is 21.8 Å². The van der Waals surface area contributed by atoms with Gasteiger partial charge in [-0.25, -0.2) is 8.42 Å². The summed E-state index contributed by atoms with van der Waals surface area (Å²) in [5.74, 6) is 0.152. The fraction of sp³-hybridized carbons (Fsp3) is 0.250. The molecule has 0 bridgehead atoms. The molecule has 0 aromatic heterocycles. The lowest BCUT2D eigenvalue weighted by molar-refractivity contribution is 0.345. The second-order valence-corrected chi connectivity index (χ2v) is 5.53. The molecule has 0 fully saturated rings. The highest BCUT2D eigenvalue weighted by molar-refractivity contribution is 7.95. The number of benzene rings is 1. The summed E-state index contributed by atoms with van der Waals surface area (Å²) in [4.78, 5) is 3.96. The Morgan fingerprint density at radius 3 is 2.71 bits per heavy atom. The Hall–Kier alpha value is -1.62. The van der Waals surface area contributed by atoms with Gasteiger partial charge in [-0.05, 0) is 11.6 Å². The van der Waals surface area contributed by atoms with Gasteiger partial charge in [0.2, 0.25) is 0 Å². The highest BCUT2D eigenvalue weighted by Gasteiger charge is 2.15. The molecule has 0 unspecified atom stereocenters. The van der Waals surface area contributed by atoms with Crippen LogP contribution in [-0.4, -0.2) is 33.2 Å². The Bertz CT molecular complexity index is 532.